The van der Waals surface area contributed by atoms with Crippen LogP contribution in [-0.2, 0) is 0 Å². The fraction of sp³-hybridized carbons (Fsp3) is 1.00. The molecule has 2 heterocycles. The van der Waals surface area contributed by atoms with E-state index in [4.69, 9.17) is 0 Å². The van der Waals surface area contributed by atoms with Gasteiger partial charge < -0.3 is 10.2 Å². The first-order chi connectivity index (χ1) is 5.38. The van der Waals surface area contributed by atoms with Gasteiger partial charge in [0, 0.05) is 0 Å². The third-order valence-corrected chi connectivity index (χ3v) is 2.66. The van der Waals surface area contributed by atoms with Gasteiger partial charge in [-0.25, -0.2) is 0 Å². The molecule has 0 saturated carbocycles. The summed E-state index contributed by atoms with van der Waals surface area (Å²) in [6.45, 7) is 6.18. The van der Waals surface area contributed by atoms with Gasteiger partial charge in [-0.3, -0.25) is 0 Å². The van der Waals surface area contributed by atoms with Crippen molar-refractivity contribution in [3.05, 3.63) is 5.32 Å². The molecule has 66 valence electrons. The molecule has 2 nitrogen and oxygen atoms in total. The molecule has 0 N–H and O–H groups in total. The SMILES string of the molecule is CC.CN1C2CCC1C[N-]C2.[Rb+]. The molecule has 2 saturated heterocycles. The minimum absolute atomic E-state index is 0. The van der Waals surface area contributed by atoms with E-state index in [0.29, 0.717) is 0 Å². The molecule has 2 rings (SSSR count). The van der Waals surface area contributed by atoms with Crippen LogP contribution < -0.4 is 58.2 Å². The number of piperazine rings is 1. The zero-order chi connectivity index (χ0) is 8.27. The van der Waals surface area contributed by atoms with Gasteiger partial charge in [0.05, 0.1) is 0 Å². The predicted molar refractivity (Wildman–Crippen MR) is 49.0 cm³/mol. The molecular formula is C9H19N2Rb. The third kappa shape index (κ3) is 3.14. The summed E-state index contributed by atoms with van der Waals surface area (Å²) in [6, 6.07) is 1.59. The Kier molecular flexibility index (Phi) is 8.09. The fourth-order valence-electron chi connectivity index (χ4n) is 1.90. The maximum absolute atomic E-state index is 4.41. The number of fused-ring (bicyclic) bond motifs is 2. The van der Waals surface area contributed by atoms with Crippen LogP contribution in [0.1, 0.15) is 26.7 Å². The van der Waals surface area contributed by atoms with Crippen molar-refractivity contribution in [2.75, 3.05) is 20.1 Å². The van der Waals surface area contributed by atoms with E-state index < -0.39 is 0 Å². The van der Waals surface area contributed by atoms with Crippen LogP contribution in [0.3, 0.4) is 0 Å². The minimum Gasteiger partial charge on any atom is -0.660 e. The van der Waals surface area contributed by atoms with Gasteiger partial charge in [0.25, 0.3) is 0 Å². The molecule has 2 fully saturated rings. The van der Waals surface area contributed by atoms with Crippen LogP contribution in [0.25, 0.3) is 5.32 Å². The summed E-state index contributed by atoms with van der Waals surface area (Å²) in [5.74, 6) is 0. The van der Waals surface area contributed by atoms with Crippen LogP contribution >= 0.6 is 0 Å². The molecule has 12 heavy (non-hydrogen) atoms. The summed E-state index contributed by atoms with van der Waals surface area (Å²) in [5.41, 5.74) is 0. The summed E-state index contributed by atoms with van der Waals surface area (Å²) in [6.07, 6.45) is 2.76. The largest absolute Gasteiger partial charge is 1.00 e. The van der Waals surface area contributed by atoms with Gasteiger partial charge in [-0.1, -0.05) is 13.8 Å². The second-order valence-electron chi connectivity index (χ2n) is 3.14. The van der Waals surface area contributed by atoms with Gasteiger partial charge >= 0.3 is 58.2 Å². The Morgan fingerprint density at radius 1 is 1.08 bits per heavy atom. The molecule has 0 aromatic carbocycles. The average molecular weight is 241 g/mol. The van der Waals surface area contributed by atoms with Gasteiger partial charge in [-0.2, -0.15) is 0 Å². The van der Waals surface area contributed by atoms with Gasteiger partial charge in [0.15, 0.2) is 0 Å². The first kappa shape index (κ1) is 13.7. The maximum atomic E-state index is 4.41. The van der Waals surface area contributed by atoms with Crippen molar-refractivity contribution < 1.29 is 58.2 Å². The normalized spacial score (nSPS) is 33.2. The second-order valence-corrected chi connectivity index (χ2v) is 3.14. The molecule has 0 spiro atoms. The standard InChI is InChI=1S/C7H13N2.C2H6.Rb/c1-9-6-2-3-7(9)5-8-4-6;1-2;/h6-7H,2-5H2,1H3;1-2H3;/q-1;;+1. The Hall–Kier alpha value is 1.73. The fourth-order valence-corrected chi connectivity index (χ4v) is 1.90. The smallest absolute Gasteiger partial charge is 0.660 e. The zero-order valence-corrected chi connectivity index (χ0v) is 13.8. The van der Waals surface area contributed by atoms with E-state index >= 15 is 0 Å². The van der Waals surface area contributed by atoms with Crippen molar-refractivity contribution in [3.8, 4) is 0 Å². The molecule has 2 atom stereocenters. The molecule has 3 heteroatoms. The van der Waals surface area contributed by atoms with Crippen LogP contribution in [0.4, 0.5) is 0 Å². The average Bonchev–Trinajstić information content (AvgIpc) is 2.30. The Balaban J connectivity index is 0.000000378. The van der Waals surface area contributed by atoms with Crippen LogP contribution in [0, 0.1) is 0 Å². The second kappa shape index (κ2) is 7.07. The quantitative estimate of drug-likeness (QED) is 0.524. The molecule has 0 amide bonds. The van der Waals surface area contributed by atoms with Crippen molar-refractivity contribution in [1.82, 2.24) is 4.90 Å². The molecule has 2 aliphatic rings. The zero-order valence-electron chi connectivity index (χ0n) is 8.88. The molecule has 2 unspecified atom stereocenters. The minimum atomic E-state index is 0. The molecule has 2 aliphatic heterocycles. The van der Waals surface area contributed by atoms with E-state index in [9.17, 15) is 0 Å². The van der Waals surface area contributed by atoms with Crippen molar-refractivity contribution in [2.45, 2.75) is 38.8 Å². The van der Waals surface area contributed by atoms with Crippen LogP contribution in [0.15, 0.2) is 0 Å². The van der Waals surface area contributed by atoms with E-state index in [0.717, 1.165) is 25.2 Å². The molecule has 0 radical (unpaired) electrons. The van der Waals surface area contributed by atoms with E-state index in [1.165, 1.54) is 12.8 Å². The summed E-state index contributed by atoms with van der Waals surface area (Å²) in [7, 11) is 2.23. The summed E-state index contributed by atoms with van der Waals surface area (Å²) >= 11 is 0. The third-order valence-electron chi connectivity index (χ3n) is 2.66. The van der Waals surface area contributed by atoms with Gasteiger partial charge in [-0.15, -0.1) is 13.1 Å². The van der Waals surface area contributed by atoms with Crippen LogP contribution in [0.5, 0.6) is 0 Å². The number of hydrogen-bond donors (Lipinski definition) is 0. The van der Waals surface area contributed by atoms with Gasteiger partial charge in [-0.05, 0) is 32.0 Å². The van der Waals surface area contributed by atoms with Gasteiger partial charge in [0.1, 0.15) is 0 Å². The van der Waals surface area contributed by atoms with Crippen molar-refractivity contribution >= 4 is 0 Å². The number of likely N-dealkylation sites (N-methyl/N-ethyl adjacent to an activating group) is 1. The number of nitrogens with zero attached hydrogens (tertiary/aromatic N) is 2. The topological polar surface area (TPSA) is 17.3 Å². The summed E-state index contributed by atoms with van der Waals surface area (Å²) in [4.78, 5) is 2.49. The molecular weight excluding hydrogens is 222 g/mol. The van der Waals surface area contributed by atoms with E-state index in [-0.39, 0.29) is 58.2 Å². The Labute approximate surface area is 125 Å². The van der Waals surface area contributed by atoms with Crippen LogP contribution in [0.2, 0.25) is 0 Å². The first-order valence-electron chi connectivity index (χ1n) is 4.73. The molecule has 0 aliphatic carbocycles. The van der Waals surface area contributed by atoms with Crippen molar-refractivity contribution in [2.24, 2.45) is 0 Å². The number of hydrogen-bond acceptors (Lipinski definition) is 1. The van der Waals surface area contributed by atoms with Crippen LogP contribution in [-0.4, -0.2) is 37.1 Å². The molecule has 0 aromatic heterocycles. The van der Waals surface area contributed by atoms with Crippen molar-refractivity contribution in [1.29, 1.82) is 0 Å². The van der Waals surface area contributed by atoms with E-state index in [1.807, 2.05) is 13.8 Å². The Morgan fingerprint density at radius 3 is 1.83 bits per heavy atom. The molecule has 2 bridgehead atoms. The first-order valence-corrected chi connectivity index (χ1v) is 4.73. The monoisotopic (exact) mass is 240 g/mol. The Morgan fingerprint density at radius 2 is 1.50 bits per heavy atom. The van der Waals surface area contributed by atoms with Crippen molar-refractivity contribution in [3.63, 3.8) is 0 Å². The summed E-state index contributed by atoms with van der Waals surface area (Å²) < 4.78 is 0. The van der Waals surface area contributed by atoms with E-state index in [1.54, 1.807) is 0 Å². The van der Waals surface area contributed by atoms with Gasteiger partial charge in [0.2, 0.25) is 0 Å². The predicted octanol–water partition coefficient (Wildman–Crippen LogP) is -1.13. The maximum Gasteiger partial charge on any atom is 1.00 e. The Bertz CT molecular complexity index is 103. The number of rotatable bonds is 0. The molecule has 0 aromatic rings. The van der Waals surface area contributed by atoms with E-state index in [2.05, 4.69) is 17.3 Å². The summed E-state index contributed by atoms with van der Waals surface area (Å²) in [5, 5.41) is 4.41.